The zero-order valence-electron chi connectivity index (χ0n) is 10.4. The fourth-order valence-corrected chi connectivity index (χ4v) is 1.87. The second-order valence-electron chi connectivity index (χ2n) is 3.37. The van der Waals surface area contributed by atoms with Crippen LogP contribution in [0.1, 0.15) is 17.3 Å². The van der Waals surface area contributed by atoms with Crippen LogP contribution in [0.3, 0.4) is 0 Å². The molecule has 0 fully saturated rings. The average molecular weight is 318 g/mol. The number of carbonyl (C=O) groups is 1. The van der Waals surface area contributed by atoms with Gasteiger partial charge in [-0.1, -0.05) is 0 Å². The largest absolute Gasteiger partial charge is 0.489 e. The van der Waals surface area contributed by atoms with Crippen LogP contribution >= 0.6 is 15.9 Å². The molecule has 5 nitrogen and oxygen atoms in total. The van der Waals surface area contributed by atoms with Crippen molar-refractivity contribution in [3.05, 3.63) is 22.2 Å². The molecule has 0 aromatic heterocycles. The molecule has 6 heteroatoms. The number of ether oxygens (including phenoxy) is 3. The molecule has 0 spiro atoms. The van der Waals surface area contributed by atoms with Crippen molar-refractivity contribution in [3.63, 3.8) is 0 Å². The summed E-state index contributed by atoms with van der Waals surface area (Å²) in [5.74, 6) is -0.0621. The molecular formula is C12H16BrNO4. The molecule has 0 aliphatic carbocycles. The van der Waals surface area contributed by atoms with Crippen molar-refractivity contribution < 1.29 is 19.0 Å². The molecule has 0 saturated heterocycles. The van der Waals surface area contributed by atoms with Crippen LogP contribution in [-0.2, 0) is 9.47 Å². The third kappa shape index (κ3) is 3.61. The quantitative estimate of drug-likeness (QED) is 0.495. The van der Waals surface area contributed by atoms with Gasteiger partial charge in [0.05, 0.1) is 19.4 Å². The summed E-state index contributed by atoms with van der Waals surface area (Å²) in [7, 11) is 1.30. The van der Waals surface area contributed by atoms with Crippen LogP contribution in [0.25, 0.3) is 0 Å². The van der Waals surface area contributed by atoms with Gasteiger partial charge in [0.2, 0.25) is 0 Å². The van der Waals surface area contributed by atoms with Crippen molar-refractivity contribution in [1.29, 1.82) is 0 Å². The Morgan fingerprint density at radius 2 is 2.11 bits per heavy atom. The monoisotopic (exact) mass is 317 g/mol. The van der Waals surface area contributed by atoms with E-state index in [1.54, 1.807) is 12.1 Å². The highest BCUT2D eigenvalue weighted by Crippen LogP contribution is 2.32. The van der Waals surface area contributed by atoms with Gasteiger partial charge in [-0.05, 0) is 35.0 Å². The fraction of sp³-hybridized carbons (Fsp3) is 0.417. The number of hydrogen-bond donors (Lipinski definition) is 1. The molecule has 0 heterocycles. The maximum atomic E-state index is 11.6. The maximum absolute atomic E-state index is 11.6. The topological polar surface area (TPSA) is 70.8 Å². The van der Waals surface area contributed by atoms with Gasteiger partial charge in [-0.3, -0.25) is 0 Å². The lowest BCUT2D eigenvalue weighted by Gasteiger charge is -2.12. The molecule has 0 unspecified atom stereocenters. The van der Waals surface area contributed by atoms with Crippen LogP contribution < -0.4 is 10.5 Å². The first kappa shape index (κ1) is 14.8. The smallest absolute Gasteiger partial charge is 0.341 e. The van der Waals surface area contributed by atoms with Gasteiger partial charge in [0.15, 0.2) is 0 Å². The lowest BCUT2D eigenvalue weighted by Crippen LogP contribution is -2.11. The number of methoxy groups -OCH3 is 1. The predicted octanol–water partition coefficient (Wildman–Crippen LogP) is 2.23. The molecular weight excluding hydrogens is 302 g/mol. The molecule has 0 atom stereocenters. The second kappa shape index (κ2) is 7.23. The van der Waals surface area contributed by atoms with E-state index in [1.165, 1.54) is 7.11 Å². The molecule has 1 aromatic rings. The molecule has 0 bridgehead atoms. The van der Waals surface area contributed by atoms with E-state index in [0.717, 1.165) is 0 Å². The van der Waals surface area contributed by atoms with Gasteiger partial charge in [-0.25, -0.2) is 4.79 Å². The number of esters is 1. The van der Waals surface area contributed by atoms with E-state index in [4.69, 9.17) is 15.2 Å². The van der Waals surface area contributed by atoms with Crippen LogP contribution in [-0.4, -0.2) is 32.9 Å². The Hall–Kier alpha value is -1.27. The highest BCUT2D eigenvalue weighted by Gasteiger charge is 2.17. The van der Waals surface area contributed by atoms with Crippen LogP contribution in [0.15, 0.2) is 16.6 Å². The Morgan fingerprint density at radius 1 is 1.39 bits per heavy atom. The fourth-order valence-electron chi connectivity index (χ4n) is 1.36. The molecule has 1 aromatic carbocycles. The Bertz CT molecular complexity index is 423. The van der Waals surface area contributed by atoms with Crippen LogP contribution in [0, 0.1) is 0 Å². The molecule has 100 valence electrons. The molecule has 1 rings (SSSR count). The highest BCUT2D eigenvalue weighted by atomic mass is 79.9. The van der Waals surface area contributed by atoms with E-state index in [0.29, 0.717) is 30.0 Å². The SMILES string of the molecule is CCOCCOc1ccc(Br)c(C(=O)OC)c1N. The normalized spacial score (nSPS) is 10.2. The molecule has 0 radical (unpaired) electrons. The number of hydrogen-bond acceptors (Lipinski definition) is 5. The first-order chi connectivity index (χ1) is 8.61. The summed E-state index contributed by atoms with van der Waals surface area (Å²) in [6.07, 6.45) is 0. The van der Waals surface area contributed by atoms with Gasteiger partial charge >= 0.3 is 5.97 Å². The van der Waals surface area contributed by atoms with Gasteiger partial charge < -0.3 is 19.9 Å². The number of anilines is 1. The first-order valence-corrected chi connectivity index (χ1v) is 6.28. The van der Waals surface area contributed by atoms with Gasteiger partial charge in [-0.15, -0.1) is 0 Å². The van der Waals surface area contributed by atoms with E-state index in [2.05, 4.69) is 20.7 Å². The summed E-state index contributed by atoms with van der Waals surface area (Å²) in [5, 5.41) is 0. The lowest BCUT2D eigenvalue weighted by atomic mass is 10.1. The zero-order valence-corrected chi connectivity index (χ0v) is 12.0. The minimum Gasteiger partial charge on any atom is -0.489 e. The number of halogens is 1. The van der Waals surface area contributed by atoms with Crippen LogP contribution in [0.2, 0.25) is 0 Å². The number of carbonyl (C=O) groups excluding carboxylic acids is 1. The Labute approximate surface area is 114 Å². The van der Waals surface area contributed by atoms with Crippen molar-refractivity contribution >= 4 is 27.6 Å². The number of rotatable bonds is 6. The minimum absolute atomic E-state index is 0.257. The first-order valence-electron chi connectivity index (χ1n) is 5.48. The van der Waals surface area contributed by atoms with Crippen LogP contribution in [0.4, 0.5) is 5.69 Å². The van der Waals surface area contributed by atoms with E-state index >= 15 is 0 Å². The number of nitrogens with two attached hydrogens (primary N) is 1. The lowest BCUT2D eigenvalue weighted by molar-refractivity contribution is 0.0600. The second-order valence-corrected chi connectivity index (χ2v) is 4.23. The summed E-state index contributed by atoms with van der Waals surface area (Å²) < 4.78 is 15.8. The van der Waals surface area contributed by atoms with E-state index in [9.17, 15) is 4.79 Å². The average Bonchev–Trinajstić information content (AvgIpc) is 2.36. The van der Waals surface area contributed by atoms with E-state index in [-0.39, 0.29) is 11.3 Å². The highest BCUT2D eigenvalue weighted by molar-refractivity contribution is 9.10. The third-order valence-electron chi connectivity index (χ3n) is 2.23. The van der Waals surface area contributed by atoms with Gasteiger partial charge in [0.25, 0.3) is 0 Å². The minimum atomic E-state index is -0.505. The summed E-state index contributed by atoms with van der Waals surface area (Å²) in [4.78, 5) is 11.6. The van der Waals surface area contributed by atoms with Crippen molar-refractivity contribution in [2.45, 2.75) is 6.92 Å². The van der Waals surface area contributed by atoms with Crippen molar-refractivity contribution in [1.82, 2.24) is 0 Å². The molecule has 0 saturated carbocycles. The van der Waals surface area contributed by atoms with E-state index in [1.807, 2.05) is 6.92 Å². The van der Waals surface area contributed by atoms with Gasteiger partial charge in [0, 0.05) is 11.1 Å². The van der Waals surface area contributed by atoms with Crippen molar-refractivity contribution in [2.75, 3.05) is 32.7 Å². The maximum Gasteiger partial charge on any atom is 0.341 e. The molecule has 18 heavy (non-hydrogen) atoms. The Kier molecular flexibility index (Phi) is 5.94. The van der Waals surface area contributed by atoms with Gasteiger partial charge in [-0.2, -0.15) is 0 Å². The summed E-state index contributed by atoms with van der Waals surface area (Å²) >= 11 is 3.25. The standard InChI is InChI=1S/C12H16BrNO4/c1-3-17-6-7-18-9-5-4-8(13)10(11(9)14)12(15)16-2/h4-5H,3,6-7,14H2,1-2H3. The van der Waals surface area contributed by atoms with Crippen molar-refractivity contribution in [3.8, 4) is 5.75 Å². The number of benzene rings is 1. The number of nitrogen functional groups attached to an aromatic ring is 1. The predicted molar refractivity (Wildman–Crippen MR) is 71.9 cm³/mol. The summed E-state index contributed by atoms with van der Waals surface area (Å²) in [5.41, 5.74) is 6.41. The third-order valence-corrected chi connectivity index (χ3v) is 2.89. The van der Waals surface area contributed by atoms with Crippen LogP contribution in [0.5, 0.6) is 5.75 Å². The molecule has 0 aliphatic heterocycles. The zero-order chi connectivity index (χ0) is 13.5. The summed E-state index contributed by atoms with van der Waals surface area (Å²) in [6, 6.07) is 3.39. The Morgan fingerprint density at radius 3 is 2.72 bits per heavy atom. The Balaban J connectivity index is 2.84. The van der Waals surface area contributed by atoms with Crippen molar-refractivity contribution in [2.24, 2.45) is 0 Å². The molecule has 2 N–H and O–H groups in total. The van der Waals surface area contributed by atoms with E-state index < -0.39 is 5.97 Å². The van der Waals surface area contributed by atoms with Gasteiger partial charge in [0.1, 0.15) is 17.9 Å². The summed E-state index contributed by atoms with van der Waals surface area (Å²) in [6.45, 7) is 3.38. The molecule has 0 amide bonds. The molecule has 0 aliphatic rings.